The lowest BCUT2D eigenvalue weighted by Crippen LogP contribution is -2.45. The van der Waals surface area contributed by atoms with Gasteiger partial charge >= 0.3 is 6.09 Å². The van der Waals surface area contributed by atoms with Crippen molar-refractivity contribution in [1.82, 2.24) is 9.21 Å². The topological polar surface area (TPSA) is 114 Å². The Morgan fingerprint density at radius 2 is 1.88 bits per heavy atom. The van der Waals surface area contributed by atoms with E-state index in [9.17, 15) is 18.0 Å². The Balaban J connectivity index is 1.81. The Kier molecular flexibility index (Phi) is 7.86. The van der Waals surface area contributed by atoms with E-state index in [-0.39, 0.29) is 23.7 Å². The molecule has 2 aliphatic heterocycles. The Morgan fingerprint density at radius 1 is 1.18 bits per heavy atom. The molecule has 0 radical (unpaired) electrons. The molecule has 2 fully saturated rings. The molecule has 2 aliphatic rings. The summed E-state index contributed by atoms with van der Waals surface area (Å²) in [4.78, 5) is 26.9. The van der Waals surface area contributed by atoms with Crippen LogP contribution in [0.5, 0.6) is 5.75 Å². The molecular weight excluding hydrogens is 450 g/mol. The molecule has 0 unspecified atom stereocenters. The molecule has 33 heavy (non-hydrogen) atoms. The second-order valence-corrected chi connectivity index (χ2v) is 10.8. The van der Waals surface area contributed by atoms with Crippen molar-refractivity contribution in [3.63, 3.8) is 0 Å². The molecule has 1 N–H and O–H groups in total. The van der Waals surface area contributed by atoms with Crippen LogP contribution in [0.3, 0.4) is 0 Å². The first-order valence-corrected chi connectivity index (χ1v) is 12.6. The van der Waals surface area contributed by atoms with Gasteiger partial charge in [-0.1, -0.05) is 0 Å². The zero-order chi connectivity index (χ0) is 24.2. The van der Waals surface area contributed by atoms with Crippen molar-refractivity contribution in [1.29, 1.82) is 0 Å². The number of likely N-dealkylation sites (tertiary alicyclic amines) is 1. The summed E-state index contributed by atoms with van der Waals surface area (Å²) in [5, 5.41) is 2.76. The average Bonchev–Trinajstić information content (AvgIpc) is 3.25. The molecule has 3 rings (SSSR count). The van der Waals surface area contributed by atoms with Crippen LogP contribution >= 0.6 is 0 Å². The molecule has 0 spiro atoms. The van der Waals surface area contributed by atoms with Crippen molar-refractivity contribution < 1.29 is 32.2 Å². The maximum atomic E-state index is 13.3. The van der Waals surface area contributed by atoms with Gasteiger partial charge in [0, 0.05) is 25.3 Å². The van der Waals surface area contributed by atoms with Gasteiger partial charge < -0.3 is 19.5 Å². The fourth-order valence-electron chi connectivity index (χ4n) is 3.79. The summed E-state index contributed by atoms with van der Waals surface area (Å²) in [6, 6.07) is 3.84. The predicted octanol–water partition coefficient (Wildman–Crippen LogP) is 2.44. The van der Waals surface area contributed by atoms with Crippen molar-refractivity contribution in [2.75, 3.05) is 44.8 Å². The van der Waals surface area contributed by atoms with Gasteiger partial charge in [0.1, 0.15) is 22.3 Å². The van der Waals surface area contributed by atoms with Crippen LogP contribution in [-0.4, -0.2) is 80.7 Å². The molecule has 0 bridgehead atoms. The molecule has 1 atom stereocenters. The van der Waals surface area contributed by atoms with Crippen LogP contribution in [0, 0.1) is 0 Å². The minimum atomic E-state index is -3.84. The fourth-order valence-corrected chi connectivity index (χ4v) is 5.36. The summed E-state index contributed by atoms with van der Waals surface area (Å²) >= 11 is 0. The standard InChI is InChI=1S/C22H33N3O7S/c1-5-31-18-9-8-16(15-19(18)33(28,29)24-11-13-30-14-12-24)23-20(26)17-7-6-10-25(17)21(27)32-22(2,3)4/h8-9,15,17H,5-7,10-14H2,1-4H3,(H,23,26)/t17-/m0/s1. The van der Waals surface area contributed by atoms with E-state index in [1.54, 1.807) is 33.8 Å². The fraction of sp³-hybridized carbons (Fsp3) is 0.636. The van der Waals surface area contributed by atoms with Crippen molar-refractivity contribution in [2.24, 2.45) is 0 Å². The maximum absolute atomic E-state index is 13.3. The largest absolute Gasteiger partial charge is 0.492 e. The second kappa shape index (κ2) is 10.3. The van der Waals surface area contributed by atoms with E-state index in [0.717, 1.165) is 0 Å². The first kappa shape index (κ1) is 25.3. The van der Waals surface area contributed by atoms with Crippen LogP contribution in [-0.2, 0) is 24.3 Å². The molecule has 2 amide bonds. The zero-order valence-electron chi connectivity index (χ0n) is 19.6. The third-order valence-corrected chi connectivity index (χ3v) is 7.20. The van der Waals surface area contributed by atoms with Gasteiger partial charge in [-0.3, -0.25) is 9.69 Å². The third-order valence-electron chi connectivity index (χ3n) is 5.28. The van der Waals surface area contributed by atoms with Crippen LogP contribution < -0.4 is 10.1 Å². The van der Waals surface area contributed by atoms with E-state index in [1.165, 1.54) is 21.3 Å². The normalized spacial score (nSPS) is 19.9. The Bertz CT molecular complexity index is 969. The monoisotopic (exact) mass is 483 g/mol. The molecule has 184 valence electrons. The van der Waals surface area contributed by atoms with Gasteiger partial charge in [-0.15, -0.1) is 0 Å². The first-order chi connectivity index (χ1) is 15.5. The van der Waals surface area contributed by atoms with Crippen molar-refractivity contribution in [3.8, 4) is 5.75 Å². The van der Waals surface area contributed by atoms with Crippen molar-refractivity contribution in [2.45, 2.75) is 57.1 Å². The van der Waals surface area contributed by atoms with Gasteiger partial charge in [0.15, 0.2) is 0 Å². The number of nitrogens with zero attached hydrogens (tertiary/aromatic N) is 2. The molecular formula is C22H33N3O7S. The van der Waals surface area contributed by atoms with Crippen LogP contribution in [0.2, 0.25) is 0 Å². The zero-order valence-corrected chi connectivity index (χ0v) is 20.4. The Morgan fingerprint density at radius 3 is 2.52 bits per heavy atom. The minimum Gasteiger partial charge on any atom is -0.492 e. The van der Waals surface area contributed by atoms with Crippen LogP contribution in [0.1, 0.15) is 40.5 Å². The number of carbonyl (C=O) groups excluding carboxylic acids is 2. The predicted molar refractivity (Wildman–Crippen MR) is 122 cm³/mol. The van der Waals surface area contributed by atoms with Crippen molar-refractivity contribution >= 4 is 27.7 Å². The highest BCUT2D eigenvalue weighted by atomic mass is 32.2. The first-order valence-electron chi connectivity index (χ1n) is 11.2. The number of rotatable bonds is 6. The minimum absolute atomic E-state index is 0.0144. The number of morpholine rings is 1. The summed E-state index contributed by atoms with van der Waals surface area (Å²) in [6.45, 7) is 8.94. The molecule has 1 aromatic carbocycles. The van der Waals surface area contributed by atoms with E-state index < -0.39 is 33.7 Å². The summed E-state index contributed by atoms with van der Waals surface area (Å²) < 4.78 is 44.1. The van der Waals surface area contributed by atoms with Gasteiger partial charge in [0.25, 0.3) is 0 Å². The number of benzene rings is 1. The summed E-state index contributed by atoms with van der Waals surface area (Å²) in [6.07, 6.45) is 0.639. The van der Waals surface area contributed by atoms with E-state index >= 15 is 0 Å². The van der Waals surface area contributed by atoms with E-state index in [0.29, 0.717) is 44.9 Å². The molecule has 2 heterocycles. The number of sulfonamides is 1. The Hall–Kier alpha value is -2.37. The summed E-state index contributed by atoms with van der Waals surface area (Å²) in [5.41, 5.74) is -0.357. The van der Waals surface area contributed by atoms with Crippen molar-refractivity contribution in [3.05, 3.63) is 18.2 Å². The highest BCUT2D eigenvalue weighted by Gasteiger charge is 2.37. The van der Waals surface area contributed by atoms with E-state index in [4.69, 9.17) is 14.2 Å². The van der Waals surface area contributed by atoms with Crippen LogP contribution in [0.25, 0.3) is 0 Å². The van der Waals surface area contributed by atoms with Gasteiger partial charge in [0.2, 0.25) is 15.9 Å². The SMILES string of the molecule is CCOc1ccc(NC(=O)[C@@H]2CCCN2C(=O)OC(C)(C)C)cc1S(=O)(=O)N1CCOCC1. The highest BCUT2D eigenvalue weighted by Crippen LogP contribution is 2.31. The van der Waals surface area contributed by atoms with Crippen LogP contribution in [0.15, 0.2) is 23.1 Å². The van der Waals surface area contributed by atoms with Gasteiger partial charge in [0.05, 0.1) is 19.8 Å². The molecule has 0 aliphatic carbocycles. The number of ether oxygens (including phenoxy) is 3. The number of carbonyl (C=O) groups is 2. The van der Waals surface area contributed by atoms with Gasteiger partial charge in [-0.25, -0.2) is 13.2 Å². The van der Waals surface area contributed by atoms with Crippen LogP contribution in [0.4, 0.5) is 10.5 Å². The molecule has 1 aromatic rings. The van der Waals surface area contributed by atoms with E-state index in [1.807, 2.05) is 0 Å². The molecule has 2 saturated heterocycles. The lowest BCUT2D eigenvalue weighted by Gasteiger charge is -2.28. The second-order valence-electron chi connectivity index (χ2n) is 8.93. The number of anilines is 1. The molecule has 11 heteroatoms. The molecule has 0 aromatic heterocycles. The summed E-state index contributed by atoms with van der Waals surface area (Å²) in [7, 11) is -3.84. The average molecular weight is 484 g/mol. The quantitative estimate of drug-likeness (QED) is 0.661. The van der Waals surface area contributed by atoms with Gasteiger partial charge in [-0.05, 0) is 58.7 Å². The van der Waals surface area contributed by atoms with E-state index in [2.05, 4.69) is 5.32 Å². The summed E-state index contributed by atoms with van der Waals surface area (Å²) in [5.74, 6) is -0.171. The Labute approximate surface area is 195 Å². The molecule has 0 saturated carbocycles. The van der Waals surface area contributed by atoms with Gasteiger partial charge in [-0.2, -0.15) is 4.31 Å². The lowest BCUT2D eigenvalue weighted by atomic mass is 10.2. The third kappa shape index (κ3) is 6.15. The number of hydrogen-bond donors (Lipinski definition) is 1. The number of hydrogen-bond acceptors (Lipinski definition) is 7. The highest BCUT2D eigenvalue weighted by molar-refractivity contribution is 7.89. The number of amides is 2. The maximum Gasteiger partial charge on any atom is 0.410 e. The number of nitrogens with one attached hydrogen (secondary N) is 1. The lowest BCUT2D eigenvalue weighted by molar-refractivity contribution is -0.120. The molecule has 10 nitrogen and oxygen atoms in total. The smallest absolute Gasteiger partial charge is 0.410 e.